The summed E-state index contributed by atoms with van der Waals surface area (Å²) in [5, 5.41) is 11.2. The van der Waals surface area contributed by atoms with Gasteiger partial charge in [0.2, 0.25) is 5.89 Å². The molecule has 2 aromatic rings. The Morgan fingerprint density at radius 3 is 2.68 bits per heavy atom. The molecule has 0 amide bonds. The van der Waals surface area contributed by atoms with E-state index in [9.17, 15) is 13.2 Å². The topological polar surface area (TPSA) is 89.1 Å². The van der Waals surface area contributed by atoms with Gasteiger partial charge in [0, 0.05) is 24.7 Å². The molecule has 0 aromatic carbocycles. The number of hydrogen-bond acceptors (Lipinski definition) is 5. The molecule has 0 fully saturated rings. The molecule has 1 N–H and O–H groups in total. The average Bonchev–Trinajstić information content (AvgIpc) is 3.05. The minimum atomic E-state index is -5.08. The molecule has 1 atom stereocenters. The molecule has 25 heavy (non-hydrogen) atoms. The van der Waals surface area contributed by atoms with E-state index < -0.39 is 12.1 Å². The lowest BCUT2D eigenvalue weighted by Gasteiger charge is -2.12. The van der Waals surface area contributed by atoms with Crippen molar-refractivity contribution in [3.05, 3.63) is 54.0 Å². The number of aliphatic carboxylic acids is 1. The molecule has 0 spiro atoms. The van der Waals surface area contributed by atoms with Crippen LogP contribution in [-0.4, -0.2) is 32.4 Å². The van der Waals surface area contributed by atoms with Crippen molar-refractivity contribution in [2.75, 3.05) is 0 Å². The van der Waals surface area contributed by atoms with Crippen LogP contribution in [0.25, 0.3) is 0 Å². The van der Waals surface area contributed by atoms with Crippen LogP contribution in [-0.2, 0) is 11.2 Å². The van der Waals surface area contributed by atoms with Crippen LogP contribution in [0.2, 0.25) is 0 Å². The third-order valence-electron chi connectivity index (χ3n) is 3.43. The van der Waals surface area contributed by atoms with E-state index in [2.05, 4.69) is 27.3 Å². The highest BCUT2D eigenvalue weighted by molar-refractivity contribution is 5.73. The van der Waals surface area contributed by atoms with Crippen molar-refractivity contribution in [3.8, 4) is 0 Å². The summed E-state index contributed by atoms with van der Waals surface area (Å²) in [5.41, 5.74) is 1.10. The Hall–Kier alpha value is -2.71. The Morgan fingerprint density at radius 2 is 2.12 bits per heavy atom. The third-order valence-corrected chi connectivity index (χ3v) is 3.43. The molecular formula is C16H16F3N3O3. The van der Waals surface area contributed by atoms with Crippen LogP contribution in [0.5, 0.6) is 0 Å². The van der Waals surface area contributed by atoms with Crippen molar-refractivity contribution < 1.29 is 27.6 Å². The molecule has 6 nitrogen and oxygen atoms in total. The van der Waals surface area contributed by atoms with E-state index in [1.165, 1.54) is 0 Å². The van der Waals surface area contributed by atoms with Gasteiger partial charge in [-0.25, -0.2) is 4.79 Å². The van der Waals surface area contributed by atoms with E-state index in [1.807, 2.05) is 18.3 Å². The van der Waals surface area contributed by atoms with Gasteiger partial charge in [-0.2, -0.15) is 18.2 Å². The molecule has 2 heterocycles. The van der Waals surface area contributed by atoms with E-state index in [-0.39, 0.29) is 0 Å². The number of carboxylic acid groups (broad SMARTS) is 1. The van der Waals surface area contributed by atoms with Gasteiger partial charge in [0.15, 0.2) is 5.82 Å². The summed E-state index contributed by atoms with van der Waals surface area (Å²) < 4.78 is 37.1. The van der Waals surface area contributed by atoms with Crippen LogP contribution < -0.4 is 0 Å². The Balaban J connectivity index is 0.000000277. The molecule has 0 aliphatic heterocycles. The van der Waals surface area contributed by atoms with Crippen molar-refractivity contribution >= 4 is 5.97 Å². The summed E-state index contributed by atoms with van der Waals surface area (Å²) in [7, 11) is 0. The lowest BCUT2D eigenvalue weighted by atomic mass is 9.94. The summed E-state index contributed by atoms with van der Waals surface area (Å²) in [6.45, 7) is 0. The second-order valence-electron chi connectivity index (χ2n) is 5.37. The second kappa shape index (κ2) is 8.41. The zero-order valence-electron chi connectivity index (χ0n) is 13.1. The molecule has 2 aromatic heterocycles. The highest BCUT2D eigenvalue weighted by atomic mass is 19.4. The van der Waals surface area contributed by atoms with Crippen LogP contribution >= 0.6 is 0 Å². The van der Waals surface area contributed by atoms with Crippen LogP contribution in [0.4, 0.5) is 13.2 Å². The molecule has 134 valence electrons. The lowest BCUT2D eigenvalue weighted by molar-refractivity contribution is -0.192. The van der Waals surface area contributed by atoms with E-state index in [4.69, 9.17) is 14.4 Å². The lowest BCUT2D eigenvalue weighted by Crippen LogP contribution is -2.21. The SMILES string of the molecule is C1=CCC(c2nc(Cc3cccnc3)no2)CC1.O=C(O)C(F)(F)F. The van der Waals surface area contributed by atoms with E-state index in [0.29, 0.717) is 12.3 Å². The maximum atomic E-state index is 10.6. The summed E-state index contributed by atoms with van der Waals surface area (Å²) >= 11 is 0. The van der Waals surface area contributed by atoms with Gasteiger partial charge < -0.3 is 9.63 Å². The molecule has 1 aliphatic carbocycles. The quantitative estimate of drug-likeness (QED) is 0.848. The largest absolute Gasteiger partial charge is 0.490 e. The van der Waals surface area contributed by atoms with Crippen molar-refractivity contribution in [2.24, 2.45) is 0 Å². The smallest absolute Gasteiger partial charge is 0.475 e. The minimum Gasteiger partial charge on any atom is -0.475 e. The first-order valence-electron chi connectivity index (χ1n) is 7.52. The fourth-order valence-electron chi connectivity index (χ4n) is 2.21. The average molecular weight is 355 g/mol. The number of hydrogen-bond donors (Lipinski definition) is 1. The standard InChI is InChI=1S/C14H15N3O.C2HF3O2/c1-2-6-12(7-3-1)14-16-13(17-18-14)9-11-5-4-8-15-10-11;3-2(4,5)1(6)7/h1-2,4-5,8,10,12H,3,6-7,9H2;(H,6,7). The van der Waals surface area contributed by atoms with Gasteiger partial charge in [-0.15, -0.1) is 0 Å². The van der Waals surface area contributed by atoms with Crippen molar-refractivity contribution in [1.82, 2.24) is 15.1 Å². The van der Waals surface area contributed by atoms with E-state index in [1.54, 1.807) is 6.20 Å². The molecular weight excluding hydrogens is 339 g/mol. The normalized spacial score (nSPS) is 16.8. The first-order valence-corrected chi connectivity index (χ1v) is 7.52. The molecule has 0 saturated heterocycles. The van der Waals surface area contributed by atoms with Crippen LogP contribution in [0, 0.1) is 0 Å². The van der Waals surface area contributed by atoms with Crippen molar-refractivity contribution in [2.45, 2.75) is 37.8 Å². The van der Waals surface area contributed by atoms with Crippen LogP contribution in [0.15, 0.2) is 41.2 Å². The Bertz CT molecular complexity index is 714. The number of allylic oxidation sites excluding steroid dienone is 2. The van der Waals surface area contributed by atoms with Gasteiger partial charge in [0.1, 0.15) is 0 Å². The molecule has 3 rings (SSSR count). The van der Waals surface area contributed by atoms with Crippen LogP contribution in [0.1, 0.15) is 42.5 Å². The summed E-state index contributed by atoms with van der Waals surface area (Å²) in [5.74, 6) is -0.844. The van der Waals surface area contributed by atoms with E-state index >= 15 is 0 Å². The summed E-state index contributed by atoms with van der Waals surface area (Å²) in [6.07, 6.45) is 6.81. The molecule has 0 bridgehead atoms. The third kappa shape index (κ3) is 6.02. The number of carbonyl (C=O) groups is 1. The van der Waals surface area contributed by atoms with Gasteiger partial charge in [-0.3, -0.25) is 4.98 Å². The number of halogens is 3. The van der Waals surface area contributed by atoms with Gasteiger partial charge in [-0.05, 0) is 30.9 Å². The molecule has 1 aliphatic rings. The highest BCUT2D eigenvalue weighted by Gasteiger charge is 2.38. The van der Waals surface area contributed by atoms with Crippen molar-refractivity contribution in [3.63, 3.8) is 0 Å². The number of alkyl halides is 3. The van der Waals surface area contributed by atoms with Crippen molar-refractivity contribution in [1.29, 1.82) is 0 Å². The fourth-order valence-corrected chi connectivity index (χ4v) is 2.21. The van der Waals surface area contributed by atoms with Gasteiger partial charge in [-0.1, -0.05) is 23.4 Å². The second-order valence-corrected chi connectivity index (χ2v) is 5.37. The number of carboxylic acids is 1. The highest BCUT2D eigenvalue weighted by Crippen LogP contribution is 2.27. The Labute approximate surface area is 141 Å². The number of rotatable bonds is 3. The predicted octanol–water partition coefficient (Wildman–Crippen LogP) is 3.51. The maximum Gasteiger partial charge on any atom is 0.490 e. The molecule has 0 radical (unpaired) electrons. The van der Waals surface area contributed by atoms with Gasteiger partial charge >= 0.3 is 12.1 Å². The molecule has 0 saturated carbocycles. The number of nitrogens with zero attached hydrogens (tertiary/aromatic N) is 3. The number of aromatic nitrogens is 3. The molecule has 9 heteroatoms. The molecule has 1 unspecified atom stereocenters. The minimum absolute atomic E-state index is 0.394. The first kappa shape index (κ1) is 18.6. The first-order chi connectivity index (χ1) is 11.9. The Kier molecular flexibility index (Phi) is 6.26. The van der Waals surface area contributed by atoms with Gasteiger partial charge in [0.05, 0.1) is 0 Å². The number of pyridine rings is 1. The summed E-state index contributed by atoms with van der Waals surface area (Å²) in [4.78, 5) is 17.5. The predicted molar refractivity (Wildman–Crippen MR) is 80.8 cm³/mol. The van der Waals surface area contributed by atoms with E-state index in [0.717, 1.165) is 36.5 Å². The zero-order valence-corrected chi connectivity index (χ0v) is 13.1. The van der Waals surface area contributed by atoms with Gasteiger partial charge in [0.25, 0.3) is 0 Å². The van der Waals surface area contributed by atoms with Crippen LogP contribution in [0.3, 0.4) is 0 Å². The monoisotopic (exact) mass is 355 g/mol. The fraction of sp³-hybridized carbons (Fsp3) is 0.375. The zero-order chi connectivity index (χ0) is 18.3. The Morgan fingerprint density at radius 1 is 1.36 bits per heavy atom. The maximum absolute atomic E-state index is 10.6. The summed E-state index contributed by atoms with van der Waals surface area (Å²) in [6, 6.07) is 3.94.